The number of amides is 1. The first-order valence-electron chi connectivity index (χ1n) is 7.76. The third-order valence-electron chi connectivity index (χ3n) is 3.05. The molecule has 0 radical (unpaired) electrons. The summed E-state index contributed by atoms with van der Waals surface area (Å²) in [5.41, 5.74) is -1.36. The number of para-hydroxylation sites is 2. The van der Waals surface area contributed by atoms with E-state index in [-0.39, 0.29) is 5.75 Å². The second-order valence-corrected chi connectivity index (χ2v) is 6.44. The third-order valence-corrected chi connectivity index (χ3v) is 3.05. The van der Waals surface area contributed by atoms with Gasteiger partial charge in [-0.25, -0.2) is 14.4 Å². The zero-order valence-corrected chi connectivity index (χ0v) is 14.9. The number of nitro benzene ring substituents is 1. The van der Waals surface area contributed by atoms with Crippen LogP contribution in [0.5, 0.6) is 5.75 Å². The Hall–Kier alpha value is -3.37. The molecule has 0 unspecified atom stereocenters. The molecule has 0 spiro atoms. The van der Waals surface area contributed by atoms with Gasteiger partial charge >= 0.3 is 23.7 Å². The molecule has 0 aromatic heterocycles. The summed E-state index contributed by atoms with van der Waals surface area (Å²) in [6, 6.07) is 3.41. The highest BCUT2D eigenvalue weighted by Gasteiger charge is 2.32. The van der Waals surface area contributed by atoms with Gasteiger partial charge in [0.2, 0.25) is 0 Å². The third kappa shape index (κ3) is 7.18. The summed E-state index contributed by atoms with van der Waals surface area (Å²) in [7, 11) is 0. The van der Waals surface area contributed by atoms with E-state index >= 15 is 0 Å². The van der Waals surface area contributed by atoms with Crippen LogP contribution in [0.25, 0.3) is 0 Å². The number of carboxylic acids is 2. The normalized spacial score (nSPS) is 13.1. The summed E-state index contributed by atoms with van der Waals surface area (Å²) in [6.45, 7) is 4.71. The van der Waals surface area contributed by atoms with E-state index < -0.39 is 52.8 Å². The molecule has 1 aromatic carbocycles. The highest BCUT2D eigenvalue weighted by Crippen LogP contribution is 2.27. The van der Waals surface area contributed by atoms with Crippen molar-refractivity contribution in [3.05, 3.63) is 34.4 Å². The van der Waals surface area contributed by atoms with Gasteiger partial charge in [0.05, 0.1) is 4.92 Å². The molecule has 0 saturated heterocycles. The fraction of sp³-hybridized carbons (Fsp3) is 0.438. The van der Waals surface area contributed by atoms with Gasteiger partial charge in [-0.1, -0.05) is 12.1 Å². The van der Waals surface area contributed by atoms with Crippen LogP contribution in [-0.2, 0) is 14.3 Å². The monoisotopic (exact) mass is 384 g/mol. The number of nitro groups is 1. The molecular weight excluding hydrogens is 364 g/mol. The van der Waals surface area contributed by atoms with E-state index in [1.807, 2.05) is 5.32 Å². The summed E-state index contributed by atoms with van der Waals surface area (Å²) >= 11 is 0. The Kier molecular flexibility index (Phi) is 7.09. The zero-order chi connectivity index (χ0) is 20.8. The maximum atomic E-state index is 11.8. The van der Waals surface area contributed by atoms with Crippen LogP contribution in [0.1, 0.15) is 27.2 Å². The minimum absolute atomic E-state index is 0.337. The largest absolute Gasteiger partial charge is 0.480 e. The van der Waals surface area contributed by atoms with Gasteiger partial charge in [0.25, 0.3) is 0 Å². The van der Waals surface area contributed by atoms with Crippen LogP contribution in [0.15, 0.2) is 24.3 Å². The Morgan fingerprint density at radius 1 is 1.19 bits per heavy atom. The summed E-state index contributed by atoms with van der Waals surface area (Å²) in [6.07, 6.45) is -3.50. The quantitative estimate of drug-likeness (QED) is 0.447. The van der Waals surface area contributed by atoms with Crippen LogP contribution in [0.3, 0.4) is 0 Å². The Labute approximate surface area is 154 Å². The first-order valence-corrected chi connectivity index (χ1v) is 7.76. The van der Waals surface area contributed by atoms with Crippen LogP contribution in [0.4, 0.5) is 10.5 Å². The summed E-state index contributed by atoms with van der Waals surface area (Å²) in [4.78, 5) is 44.8. The molecular formula is C16H20N2O9. The fourth-order valence-electron chi connectivity index (χ4n) is 1.95. The average Bonchev–Trinajstić information content (AvgIpc) is 2.51. The molecule has 0 bridgehead atoms. The van der Waals surface area contributed by atoms with E-state index in [1.54, 1.807) is 20.8 Å². The number of hydrogen-bond acceptors (Lipinski definition) is 7. The molecule has 3 N–H and O–H groups in total. The van der Waals surface area contributed by atoms with Crippen molar-refractivity contribution in [3.8, 4) is 5.75 Å². The Morgan fingerprint density at radius 3 is 2.26 bits per heavy atom. The minimum atomic E-state index is -1.76. The maximum Gasteiger partial charge on any atom is 0.408 e. The molecule has 27 heavy (non-hydrogen) atoms. The molecule has 11 heteroatoms. The molecule has 1 amide bonds. The highest BCUT2D eigenvalue weighted by atomic mass is 16.6. The van der Waals surface area contributed by atoms with Gasteiger partial charge in [0.1, 0.15) is 11.6 Å². The molecule has 0 saturated carbocycles. The molecule has 148 valence electrons. The van der Waals surface area contributed by atoms with Crippen molar-refractivity contribution in [1.82, 2.24) is 5.32 Å². The van der Waals surface area contributed by atoms with Crippen molar-refractivity contribution in [2.45, 2.75) is 44.9 Å². The molecule has 2 atom stereocenters. The van der Waals surface area contributed by atoms with E-state index in [0.29, 0.717) is 0 Å². The zero-order valence-electron chi connectivity index (χ0n) is 14.9. The Morgan fingerprint density at radius 2 is 1.78 bits per heavy atom. The first kappa shape index (κ1) is 21.7. The predicted octanol–water partition coefficient (Wildman–Crippen LogP) is 1.79. The van der Waals surface area contributed by atoms with Crippen LogP contribution >= 0.6 is 0 Å². The van der Waals surface area contributed by atoms with E-state index in [2.05, 4.69) is 0 Å². The lowest BCUT2D eigenvalue weighted by Crippen LogP contribution is -2.47. The molecule has 0 aliphatic heterocycles. The number of nitrogens with one attached hydrogen (secondary N) is 1. The number of aliphatic carboxylic acids is 2. The van der Waals surface area contributed by atoms with Gasteiger partial charge in [-0.15, -0.1) is 0 Å². The van der Waals surface area contributed by atoms with Gasteiger partial charge in [0, 0.05) is 12.5 Å². The number of carboxylic acid groups (broad SMARTS) is 2. The van der Waals surface area contributed by atoms with Gasteiger partial charge in [0.15, 0.2) is 11.9 Å². The number of hydrogen-bond donors (Lipinski definition) is 3. The second kappa shape index (κ2) is 8.83. The van der Waals surface area contributed by atoms with Crippen LogP contribution in [0.2, 0.25) is 0 Å². The first-order chi connectivity index (χ1) is 12.4. The van der Waals surface area contributed by atoms with Gasteiger partial charge in [-0.3, -0.25) is 10.1 Å². The second-order valence-electron chi connectivity index (χ2n) is 6.44. The van der Waals surface area contributed by atoms with E-state index in [1.165, 1.54) is 18.2 Å². The number of alkyl carbamates (subject to hydrolysis) is 1. The van der Waals surface area contributed by atoms with E-state index in [9.17, 15) is 34.7 Å². The number of benzene rings is 1. The van der Waals surface area contributed by atoms with Crippen LogP contribution in [0, 0.1) is 10.1 Å². The van der Waals surface area contributed by atoms with E-state index in [0.717, 1.165) is 6.07 Å². The summed E-state index contributed by atoms with van der Waals surface area (Å²) in [5.74, 6) is -3.40. The van der Waals surface area contributed by atoms with Crippen molar-refractivity contribution < 1.29 is 39.0 Å². The minimum Gasteiger partial charge on any atom is -0.480 e. The molecule has 0 heterocycles. The molecule has 0 aliphatic rings. The van der Waals surface area contributed by atoms with E-state index in [4.69, 9.17) is 9.47 Å². The Balaban J connectivity index is 2.96. The van der Waals surface area contributed by atoms with Gasteiger partial charge in [-0.2, -0.15) is 0 Å². The molecule has 0 fully saturated rings. The molecule has 1 aromatic rings. The molecule has 0 aliphatic carbocycles. The lowest BCUT2D eigenvalue weighted by atomic mass is 10.1. The van der Waals surface area contributed by atoms with Crippen molar-refractivity contribution in [1.29, 1.82) is 0 Å². The van der Waals surface area contributed by atoms with Gasteiger partial charge in [-0.05, 0) is 26.8 Å². The van der Waals surface area contributed by atoms with Gasteiger partial charge < -0.3 is 25.0 Å². The van der Waals surface area contributed by atoms with Crippen molar-refractivity contribution in [2.75, 3.05) is 0 Å². The summed E-state index contributed by atoms with van der Waals surface area (Å²) in [5, 5.41) is 31.6. The highest BCUT2D eigenvalue weighted by molar-refractivity contribution is 5.81. The number of ether oxygens (including phenoxy) is 2. The van der Waals surface area contributed by atoms with Crippen molar-refractivity contribution in [3.63, 3.8) is 0 Å². The lowest BCUT2D eigenvalue weighted by Gasteiger charge is -2.23. The number of nitrogens with zero attached hydrogens (tertiary/aromatic N) is 1. The maximum absolute atomic E-state index is 11.8. The SMILES string of the molecule is CC(C)(C)OC(=O)N[C@@H](C[C@H](Oc1ccccc1[N+](=O)[O-])C(=O)O)C(=O)O. The average molecular weight is 384 g/mol. The van der Waals surface area contributed by atoms with Crippen LogP contribution in [-0.4, -0.2) is 50.9 Å². The number of rotatable bonds is 8. The number of carbonyl (C=O) groups is 3. The molecule has 1 rings (SSSR count). The topological polar surface area (TPSA) is 165 Å². The fourth-order valence-corrected chi connectivity index (χ4v) is 1.95. The van der Waals surface area contributed by atoms with Crippen molar-refractivity contribution >= 4 is 23.7 Å². The smallest absolute Gasteiger partial charge is 0.408 e. The Bertz CT molecular complexity index is 727. The standard InChI is InChI=1S/C16H20N2O9/c1-16(2,3)27-15(23)17-9(13(19)20)8-12(14(21)22)26-11-7-5-4-6-10(11)18(24)25/h4-7,9,12H,8H2,1-3H3,(H,17,23)(H,19,20)(H,21,22)/t9-,12-/m0/s1. The summed E-state index contributed by atoms with van der Waals surface area (Å²) < 4.78 is 10.1. The van der Waals surface area contributed by atoms with Crippen molar-refractivity contribution in [2.24, 2.45) is 0 Å². The number of carbonyl (C=O) groups excluding carboxylic acids is 1. The lowest BCUT2D eigenvalue weighted by molar-refractivity contribution is -0.386. The molecule has 11 nitrogen and oxygen atoms in total. The predicted molar refractivity (Wildman–Crippen MR) is 90.6 cm³/mol. The van der Waals surface area contributed by atoms with Crippen LogP contribution < -0.4 is 10.1 Å².